The lowest BCUT2D eigenvalue weighted by Gasteiger charge is -2.40. The summed E-state index contributed by atoms with van der Waals surface area (Å²) in [5, 5.41) is 10.5. The van der Waals surface area contributed by atoms with Crippen molar-refractivity contribution in [3.63, 3.8) is 0 Å². The van der Waals surface area contributed by atoms with Crippen molar-refractivity contribution in [2.75, 3.05) is 59.2 Å². The fourth-order valence-corrected chi connectivity index (χ4v) is 7.29. The van der Waals surface area contributed by atoms with Crippen LogP contribution in [0.2, 0.25) is 0 Å². The summed E-state index contributed by atoms with van der Waals surface area (Å²) in [7, 11) is 0. The molecule has 0 radical (unpaired) electrons. The van der Waals surface area contributed by atoms with Gasteiger partial charge in [-0.2, -0.15) is 0 Å². The number of rotatable bonds is 7. The monoisotopic (exact) mass is 559 g/mol. The van der Waals surface area contributed by atoms with Gasteiger partial charge in [-0.25, -0.2) is 0 Å². The number of likely N-dealkylation sites (tertiary alicyclic amines) is 1. The molecule has 2 amide bonds. The molecule has 10 heteroatoms. The SMILES string of the molecule is CC(C)C[C@H](CO)N1C(=O)[C@@H]2[C@H]3C(=O)OCCCC/C=C\[C@@]3(C)O[C@@]23C=CCN(CCN2CCOCC2)C(=O)C13. The summed E-state index contributed by atoms with van der Waals surface area (Å²) in [6.07, 6.45) is 10.7. The fourth-order valence-electron chi connectivity index (χ4n) is 7.29. The van der Waals surface area contributed by atoms with E-state index in [1.165, 1.54) is 0 Å². The molecule has 0 saturated carbocycles. The Hall–Kier alpha value is -2.27. The van der Waals surface area contributed by atoms with Crippen LogP contribution in [0.25, 0.3) is 0 Å². The Balaban J connectivity index is 1.55. The molecular formula is C30H45N3O7. The van der Waals surface area contributed by atoms with Crippen LogP contribution in [0, 0.1) is 17.8 Å². The van der Waals surface area contributed by atoms with E-state index < -0.39 is 41.1 Å². The van der Waals surface area contributed by atoms with E-state index in [-0.39, 0.29) is 30.9 Å². The Bertz CT molecular complexity index is 1020. The Labute approximate surface area is 237 Å². The predicted octanol–water partition coefficient (Wildman–Crippen LogP) is 1.38. The molecule has 0 aromatic carbocycles. The number of hydrogen-bond acceptors (Lipinski definition) is 8. The largest absolute Gasteiger partial charge is 0.465 e. The van der Waals surface area contributed by atoms with Crippen LogP contribution in [-0.2, 0) is 28.6 Å². The molecule has 0 bridgehead atoms. The van der Waals surface area contributed by atoms with Crippen LogP contribution in [0.5, 0.6) is 0 Å². The minimum atomic E-state index is -1.34. The number of carbonyl (C=O) groups is 3. The van der Waals surface area contributed by atoms with E-state index >= 15 is 0 Å². The maximum absolute atomic E-state index is 14.5. The van der Waals surface area contributed by atoms with Crippen LogP contribution in [-0.4, -0.2) is 120 Å². The highest BCUT2D eigenvalue weighted by Crippen LogP contribution is 2.57. The minimum absolute atomic E-state index is 0.183. The lowest BCUT2D eigenvalue weighted by atomic mass is 9.74. The number of carbonyl (C=O) groups excluding carboxylic acids is 3. The third-order valence-electron chi connectivity index (χ3n) is 9.16. The van der Waals surface area contributed by atoms with Crippen molar-refractivity contribution in [1.29, 1.82) is 0 Å². The van der Waals surface area contributed by atoms with Gasteiger partial charge in [0.05, 0.1) is 44.0 Å². The first-order chi connectivity index (χ1) is 19.2. The average molecular weight is 560 g/mol. The molecule has 3 saturated heterocycles. The van der Waals surface area contributed by atoms with Crippen LogP contribution in [0.15, 0.2) is 24.3 Å². The smallest absolute Gasteiger partial charge is 0.313 e. The second kappa shape index (κ2) is 11.9. The predicted molar refractivity (Wildman–Crippen MR) is 147 cm³/mol. The molecule has 0 aliphatic carbocycles. The van der Waals surface area contributed by atoms with Crippen molar-refractivity contribution >= 4 is 17.8 Å². The van der Waals surface area contributed by atoms with Gasteiger partial charge in [-0.3, -0.25) is 19.3 Å². The van der Waals surface area contributed by atoms with Crippen LogP contribution < -0.4 is 0 Å². The van der Waals surface area contributed by atoms with Gasteiger partial charge in [0.15, 0.2) is 0 Å². The number of aliphatic hydroxyl groups is 1. The maximum atomic E-state index is 14.5. The molecule has 6 atom stereocenters. The summed E-state index contributed by atoms with van der Waals surface area (Å²) < 4.78 is 18.0. The third kappa shape index (κ3) is 5.24. The molecular weight excluding hydrogens is 514 g/mol. The Kier molecular flexibility index (Phi) is 8.71. The first-order valence-corrected chi connectivity index (χ1v) is 15.0. The minimum Gasteiger partial charge on any atom is -0.465 e. The number of nitrogens with zero attached hydrogens (tertiary/aromatic N) is 3. The molecule has 5 rings (SSSR count). The van der Waals surface area contributed by atoms with Crippen LogP contribution in [0.4, 0.5) is 0 Å². The topological polar surface area (TPSA) is 109 Å². The molecule has 5 heterocycles. The lowest BCUT2D eigenvalue weighted by Crippen LogP contribution is -2.59. The highest BCUT2D eigenvalue weighted by molar-refractivity contribution is 5.99. The van der Waals surface area contributed by atoms with E-state index in [4.69, 9.17) is 14.2 Å². The first-order valence-electron chi connectivity index (χ1n) is 15.0. The summed E-state index contributed by atoms with van der Waals surface area (Å²) >= 11 is 0. The highest BCUT2D eigenvalue weighted by Gasteiger charge is 2.75. The molecule has 3 fully saturated rings. The van der Waals surface area contributed by atoms with Gasteiger partial charge in [0.2, 0.25) is 11.8 Å². The van der Waals surface area contributed by atoms with E-state index in [1.807, 2.05) is 45.1 Å². The van der Waals surface area contributed by atoms with Crippen molar-refractivity contribution in [3.8, 4) is 0 Å². The molecule has 40 heavy (non-hydrogen) atoms. The highest BCUT2D eigenvalue weighted by atomic mass is 16.6. The molecule has 5 aliphatic rings. The summed E-state index contributed by atoms with van der Waals surface area (Å²) in [6.45, 7) is 10.5. The molecule has 10 nitrogen and oxygen atoms in total. The van der Waals surface area contributed by atoms with E-state index in [9.17, 15) is 19.5 Å². The van der Waals surface area contributed by atoms with Crippen molar-refractivity contribution in [2.24, 2.45) is 17.8 Å². The third-order valence-corrected chi connectivity index (χ3v) is 9.16. The van der Waals surface area contributed by atoms with Gasteiger partial charge in [-0.15, -0.1) is 0 Å². The number of hydrogen-bond donors (Lipinski definition) is 1. The fraction of sp³-hybridized carbons (Fsp3) is 0.767. The Morgan fingerprint density at radius 1 is 1.00 bits per heavy atom. The summed E-state index contributed by atoms with van der Waals surface area (Å²) in [5.74, 6) is -2.65. The first kappa shape index (κ1) is 29.2. The summed E-state index contributed by atoms with van der Waals surface area (Å²) in [5.41, 5.74) is -2.46. The molecule has 222 valence electrons. The average Bonchev–Trinajstić information content (AvgIpc) is 3.27. The van der Waals surface area contributed by atoms with Gasteiger partial charge in [-0.05, 0) is 38.5 Å². The van der Waals surface area contributed by atoms with Crippen LogP contribution in [0.3, 0.4) is 0 Å². The van der Waals surface area contributed by atoms with Crippen molar-refractivity contribution < 1.29 is 33.7 Å². The van der Waals surface area contributed by atoms with Crippen LogP contribution >= 0.6 is 0 Å². The lowest BCUT2D eigenvalue weighted by molar-refractivity contribution is -0.162. The number of morpholine rings is 1. The summed E-state index contributed by atoms with van der Waals surface area (Å²) in [4.78, 5) is 48.2. The van der Waals surface area contributed by atoms with Crippen molar-refractivity contribution in [1.82, 2.24) is 14.7 Å². The quantitative estimate of drug-likeness (QED) is 0.368. The van der Waals surface area contributed by atoms with Gasteiger partial charge in [0.25, 0.3) is 0 Å². The molecule has 0 aromatic heterocycles. The van der Waals surface area contributed by atoms with Gasteiger partial charge < -0.3 is 29.1 Å². The summed E-state index contributed by atoms with van der Waals surface area (Å²) in [6, 6.07) is -1.56. The number of esters is 1. The second-order valence-corrected chi connectivity index (χ2v) is 12.4. The Morgan fingerprint density at radius 2 is 1.77 bits per heavy atom. The van der Waals surface area contributed by atoms with Crippen LogP contribution in [0.1, 0.15) is 46.5 Å². The number of amides is 2. The van der Waals surface area contributed by atoms with Crippen molar-refractivity contribution in [3.05, 3.63) is 24.3 Å². The van der Waals surface area contributed by atoms with Gasteiger partial charge in [0, 0.05) is 32.7 Å². The van der Waals surface area contributed by atoms with Crippen molar-refractivity contribution in [2.45, 2.75) is 69.7 Å². The van der Waals surface area contributed by atoms with Gasteiger partial charge >= 0.3 is 5.97 Å². The van der Waals surface area contributed by atoms with Gasteiger partial charge in [0.1, 0.15) is 17.6 Å². The molecule has 1 spiro atoms. The molecule has 1 unspecified atom stereocenters. The zero-order valence-corrected chi connectivity index (χ0v) is 24.1. The molecule has 0 aromatic rings. The number of allylic oxidation sites excluding steroid dienone is 1. The molecule has 5 aliphatic heterocycles. The second-order valence-electron chi connectivity index (χ2n) is 12.4. The standard InChI is InChI=1S/C30H45N3O7/c1-21(2)19-22(20-34)33-25-27(36)32(13-12-31-14-17-38-18-15-31)11-8-10-30(25)23(26(33)35)24-28(37)39-16-7-5-4-6-9-29(24,3)40-30/h6,8-10,21-25,34H,4-5,7,11-20H2,1-3H3/b9-6-/t22-,23+,24+,25?,29-,30+/m1/s1. The number of aliphatic hydroxyl groups excluding tert-OH is 1. The number of cyclic esters (lactones) is 1. The Morgan fingerprint density at radius 3 is 2.50 bits per heavy atom. The zero-order chi connectivity index (χ0) is 28.5. The van der Waals surface area contributed by atoms with E-state index in [0.717, 1.165) is 32.4 Å². The molecule has 1 N–H and O–H groups in total. The van der Waals surface area contributed by atoms with E-state index in [0.29, 0.717) is 39.3 Å². The number of fused-ring (bicyclic) bond motifs is 2. The van der Waals surface area contributed by atoms with E-state index in [2.05, 4.69) is 4.90 Å². The van der Waals surface area contributed by atoms with Gasteiger partial charge in [-0.1, -0.05) is 38.2 Å². The normalized spacial score (nSPS) is 36.6. The maximum Gasteiger partial charge on any atom is 0.313 e. The number of ether oxygens (including phenoxy) is 3. The van der Waals surface area contributed by atoms with E-state index in [1.54, 1.807) is 9.80 Å². The zero-order valence-electron chi connectivity index (χ0n) is 24.1.